The Morgan fingerprint density at radius 3 is 2.74 bits per heavy atom. The summed E-state index contributed by atoms with van der Waals surface area (Å²) in [5.74, 6) is -0.645. The lowest BCUT2D eigenvalue weighted by molar-refractivity contribution is -0.133. The summed E-state index contributed by atoms with van der Waals surface area (Å²) < 4.78 is 1.09. The number of thiazole rings is 1. The van der Waals surface area contributed by atoms with E-state index < -0.39 is 5.91 Å². The second-order valence-corrected chi connectivity index (χ2v) is 6.79. The number of nitrogens with zero attached hydrogens (tertiary/aromatic N) is 2. The summed E-state index contributed by atoms with van der Waals surface area (Å²) in [5, 5.41) is 0.782. The molecule has 1 aromatic heterocycles. The quantitative estimate of drug-likeness (QED) is 0.857. The summed E-state index contributed by atoms with van der Waals surface area (Å²) in [4.78, 5) is 29.8. The van der Waals surface area contributed by atoms with Crippen molar-refractivity contribution in [1.29, 1.82) is 0 Å². The Morgan fingerprint density at radius 2 is 2.04 bits per heavy atom. The summed E-state index contributed by atoms with van der Waals surface area (Å²) in [5.41, 5.74) is 6.22. The topological polar surface area (TPSA) is 76.3 Å². The van der Waals surface area contributed by atoms with Crippen LogP contribution in [0.3, 0.4) is 0 Å². The highest BCUT2D eigenvalue weighted by Gasteiger charge is 2.26. The lowest BCUT2D eigenvalue weighted by Crippen LogP contribution is -2.43. The molecular formula is C17H19N3O2S. The molecule has 0 radical (unpaired) electrons. The fourth-order valence-corrected chi connectivity index (χ4v) is 3.84. The van der Waals surface area contributed by atoms with Gasteiger partial charge in [0.25, 0.3) is 0 Å². The molecule has 23 heavy (non-hydrogen) atoms. The van der Waals surface area contributed by atoms with Crippen molar-refractivity contribution in [3.8, 4) is 0 Å². The second-order valence-electron chi connectivity index (χ2n) is 5.72. The van der Waals surface area contributed by atoms with Crippen LogP contribution in [0.2, 0.25) is 0 Å². The molecule has 0 unspecified atom stereocenters. The van der Waals surface area contributed by atoms with Crippen LogP contribution in [0.1, 0.15) is 30.7 Å². The summed E-state index contributed by atoms with van der Waals surface area (Å²) >= 11 is 1.54. The Kier molecular flexibility index (Phi) is 4.71. The third-order valence-electron chi connectivity index (χ3n) is 4.05. The fraction of sp³-hybridized carbons (Fsp3) is 0.353. The number of carbonyl (C=O) groups excluding carboxylic acids is 2. The number of nitrogens with two attached hydrogens (primary N) is 1. The number of benzene rings is 1. The van der Waals surface area contributed by atoms with Gasteiger partial charge in [-0.25, -0.2) is 4.98 Å². The van der Waals surface area contributed by atoms with Crippen LogP contribution in [0.25, 0.3) is 16.3 Å². The first kappa shape index (κ1) is 15.7. The minimum Gasteiger partial charge on any atom is -0.368 e. The minimum atomic E-state index is -0.473. The summed E-state index contributed by atoms with van der Waals surface area (Å²) in [6.07, 6.45) is 7.28. The van der Waals surface area contributed by atoms with E-state index in [1.165, 1.54) is 17.4 Å². The largest absolute Gasteiger partial charge is 0.368 e. The van der Waals surface area contributed by atoms with Crippen molar-refractivity contribution in [2.45, 2.75) is 31.7 Å². The van der Waals surface area contributed by atoms with Gasteiger partial charge in [0, 0.05) is 12.1 Å². The Morgan fingerprint density at radius 1 is 1.30 bits per heavy atom. The highest BCUT2D eigenvalue weighted by atomic mass is 32.1. The number of rotatable bonds is 5. The van der Waals surface area contributed by atoms with Crippen molar-refractivity contribution in [1.82, 2.24) is 9.88 Å². The van der Waals surface area contributed by atoms with E-state index in [-0.39, 0.29) is 18.5 Å². The van der Waals surface area contributed by atoms with E-state index in [2.05, 4.69) is 4.98 Å². The fourth-order valence-electron chi connectivity index (χ4n) is 2.97. The lowest BCUT2D eigenvalue weighted by Gasteiger charge is -2.26. The number of para-hydroxylation sites is 1. The summed E-state index contributed by atoms with van der Waals surface area (Å²) in [6, 6.07) is 7.98. The second kappa shape index (κ2) is 6.91. The molecule has 0 aliphatic heterocycles. The molecule has 120 valence electrons. The normalized spacial score (nSPS) is 15.5. The predicted molar refractivity (Wildman–Crippen MR) is 91.8 cm³/mol. The van der Waals surface area contributed by atoms with E-state index in [1.54, 1.807) is 11.0 Å². The van der Waals surface area contributed by atoms with Crippen LogP contribution >= 0.6 is 11.3 Å². The van der Waals surface area contributed by atoms with Crippen LogP contribution in [0, 0.1) is 0 Å². The molecule has 1 aromatic carbocycles. The van der Waals surface area contributed by atoms with Crippen molar-refractivity contribution >= 4 is 39.4 Å². The number of primary amides is 1. The SMILES string of the molecule is NC(=O)CN(C(=O)C=Cc1nc2ccccc2s1)C1CCCC1. The summed E-state index contributed by atoms with van der Waals surface area (Å²) in [6.45, 7) is -0.0202. The van der Waals surface area contributed by atoms with Crippen LogP contribution in [0.5, 0.6) is 0 Å². The van der Waals surface area contributed by atoms with Crippen molar-refractivity contribution in [3.63, 3.8) is 0 Å². The molecule has 2 N–H and O–H groups in total. The molecule has 1 aliphatic rings. The van der Waals surface area contributed by atoms with E-state index in [1.807, 2.05) is 24.3 Å². The van der Waals surface area contributed by atoms with E-state index in [9.17, 15) is 9.59 Å². The molecule has 0 bridgehead atoms. The Labute approximate surface area is 138 Å². The maximum atomic E-state index is 12.5. The van der Waals surface area contributed by atoms with E-state index in [4.69, 9.17) is 5.73 Å². The molecule has 1 aliphatic carbocycles. The van der Waals surface area contributed by atoms with Crippen LogP contribution in [0.15, 0.2) is 30.3 Å². The van der Waals surface area contributed by atoms with Gasteiger partial charge in [0.05, 0.1) is 16.8 Å². The van der Waals surface area contributed by atoms with E-state index in [0.29, 0.717) is 0 Å². The highest BCUT2D eigenvalue weighted by Crippen LogP contribution is 2.25. The molecule has 0 atom stereocenters. The molecular weight excluding hydrogens is 310 g/mol. The van der Waals surface area contributed by atoms with E-state index in [0.717, 1.165) is 40.9 Å². The summed E-state index contributed by atoms with van der Waals surface area (Å²) in [7, 11) is 0. The Hall–Kier alpha value is -2.21. The molecule has 2 amide bonds. The first-order valence-electron chi connectivity index (χ1n) is 7.76. The maximum Gasteiger partial charge on any atom is 0.247 e. The zero-order chi connectivity index (χ0) is 16.2. The van der Waals surface area contributed by atoms with Gasteiger partial charge in [-0.15, -0.1) is 11.3 Å². The number of amides is 2. The van der Waals surface area contributed by atoms with Crippen molar-refractivity contribution < 1.29 is 9.59 Å². The van der Waals surface area contributed by atoms with Crippen LogP contribution in [-0.4, -0.2) is 34.3 Å². The van der Waals surface area contributed by atoms with Crippen molar-refractivity contribution in [2.24, 2.45) is 5.73 Å². The average molecular weight is 329 g/mol. The first-order chi connectivity index (χ1) is 11.1. The van der Waals surface area contributed by atoms with Gasteiger partial charge in [-0.3, -0.25) is 9.59 Å². The van der Waals surface area contributed by atoms with Gasteiger partial charge in [-0.05, 0) is 31.1 Å². The number of aromatic nitrogens is 1. The Bertz CT molecular complexity index is 714. The van der Waals surface area contributed by atoms with E-state index >= 15 is 0 Å². The first-order valence-corrected chi connectivity index (χ1v) is 8.57. The number of hydrogen-bond acceptors (Lipinski definition) is 4. The smallest absolute Gasteiger partial charge is 0.247 e. The molecule has 0 saturated heterocycles. The molecule has 0 spiro atoms. The molecule has 6 heteroatoms. The minimum absolute atomic E-state index is 0.0202. The van der Waals surface area contributed by atoms with Gasteiger partial charge >= 0.3 is 0 Å². The zero-order valence-electron chi connectivity index (χ0n) is 12.8. The predicted octanol–water partition coefficient (Wildman–Crippen LogP) is 2.57. The third kappa shape index (κ3) is 3.76. The standard InChI is InChI=1S/C17H19N3O2S/c18-15(21)11-20(12-5-1-2-6-12)17(22)10-9-16-19-13-7-3-4-8-14(13)23-16/h3-4,7-10,12H,1-2,5-6,11H2,(H2,18,21). The molecule has 2 aromatic rings. The van der Waals surface area contributed by atoms with Gasteiger partial charge in [-0.1, -0.05) is 25.0 Å². The van der Waals surface area contributed by atoms with Crippen LogP contribution in [-0.2, 0) is 9.59 Å². The molecule has 5 nitrogen and oxygen atoms in total. The Balaban J connectivity index is 1.75. The number of carbonyl (C=O) groups is 2. The van der Waals surface area contributed by atoms with Crippen LogP contribution in [0.4, 0.5) is 0 Å². The molecule has 1 fully saturated rings. The number of fused-ring (bicyclic) bond motifs is 1. The molecule has 1 saturated carbocycles. The van der Waals surface area contributed by atoms with Crippen molar-refractivity contribution in [2.75, 3.05) is 6.54 Å². The van der Waals surface area contributed by atoms with Gasteiger partial charge in [0.15, 0.2) is 0 Å². The monoisotopic (exact) mass is 329 g/mol. The number of hydrogen-bond donors (Lipinski definition) is 1. The highest BCUT2D eigenvalue weighted by molar-refractivity contribution is 7.19. The average Bonchev–Trinajstić information content (AvgIpc) is 3.18. The molecule has 1 heterocycles. The lowest BCUT2D eigenvalue weighted by atomic mass is 10.2. The maximum absolute atomic E-state index is 12.5. The van der Waals surface area contributed by atoms with Crippen LogP contribution < -0.4 is 5.73 Å². The van der Waals surface area contributed by atoms with Gasteiger partial charge < -0.3 is 10.6 Å². The van der Waals surface area contributed by atoms with Crippen molar-refractivity contribution in [3.05, 3.63) is 35.3 Å². The molecule has 3 rings (SSSR count). The van der Waals surface area contributed by atoms with Gasteiger partial charge in [-0.2, -0.15) is 0 Å². The third-order valence-corrected chi connectivity index (χ3v) is 5.06. The van der Waals surface area contributed by atoms with Gasteiger partial charge in [0.2, 0.25) is 11.8 Å². The zero-order valence-corrected chi connectivity index (χ0v) is 13.6. The van der Waals surface area contributed by atoms with Gasteiger partial charge in [0.1, 0.15) is 5.01 Å².